The molecule has 34 heavy (non-hydrogen) atoms. The Morgan fingerprint density at radius 2 is 1.94 bits per heavy atom. The van der Waals surface area contributed by atoms with Gasteiger partial charge in [-0.3, -0.25) is 4.79 Å². The zero-order chi connectivity index (χ0) is 23.7. The third kappa shape index (κ3) is 5.05. The van der Waals surface area contributed by atoms with Crippen molar-refractivity contribution in [2.24, 2.45) is 11.8 Å². The summed E-state index contributed by atoms with van der Waals surface area (Å²) in [6.07, 6.45) is 3.69. The highest BCUT2D eigenvalue weighted by atomic mass is 32.2. The Labute approximate surface area is 203 Å². The summed E-state index contributed by atoms with van der Waals surface area (Å²) in [7, 11) is 3.98. The van der Waals surface area contributed by atoms with Gasteiger partial charge in [0.15, 0.2) is 0 Å². The summed E-state index contributed by atoms with van der Waals surface area (Å²) in [5.74, 6) is 1.60. The van der Waals surface area contributed by atoms with E-state index in [9.17, 15) is 9.59 Å². The minimum absolute atomic E-state index is 0.237. The van der Waals surface area contributed by atoms with Crippen molar-refractivity contribution in [1.29, 1.82) is 0 Å². The largest absolute Gasteiger partial charge is 0.347 e. The number of aromatic nitrogens is 3. The van der Waals surface area contributed by atoms with Crippen LogP contribution in [-0.2, 0) is 11.2 Å². The first-order valence-corrected chi connectivity index (χ1v) is 12.5. The quantitative estimate of drug-likeness (QED) is 0.482. The van der Waals surface area contributed by atoms with E-state index in [4.69, 9.17) is 0 Å². The Balaban J connectivity index is 1.30. The fourth-order valence-electron chi connectivity index (χ4n) is 4.49. The Bertz CT molecular complexity index is 1210. The molecule has 2 N–H and O–H groups in total. The summed E-state index contributed by atoms with van der Waals surface area (Å²) >= 11 is 1.52. The number of benzene rings is 2. The number of amides is 1. The standard InChI is InChI=1S/C25H30N6O2S/c1-29(2)34-28-21-5-3-4-20(15-21)18-8-10-22(11-9-18)31-23(26-27-25(31)33)14-17-12-13-30(16-17)24(32)19-6-7-19/h3-5,8-11,15,17,19,28H,6-7,12-14,16H2,1-2H3,(H,27,33). The molecule has 2 fully saturated rings. The van der Waals surface area contributed by atoms with Crippen molar-refractivity contribution in [3.63, 3.8) is 0 Å². The van der Waals surface area contributed by atoms with Crippen LogP contribution in [-0.4, -0.2) is 57.1 Å². The molecule has 2 aromatic carbocycles. The smallest absolute Gasteiger partial charge is 0.342 e. The van der Waals surface area contributed by atoms with Gasteiger partial charge >= 0.3 is 5.69 Å². The first-order chi connectivity index (χ1) is 16.5. The van der Waals surface area contributed by atoms with Crippen molar-refractivity contribution in [2.75, 3.05) is 31.9 Å². The highest BCUT2D eigenvalue weighted by Crippen LogP contribution is 2.33. The van der Waals surface area contributed by atoms with E-state index in [0.717, 1.165) is 60.7 Å². The summed E-state index contributed by atoms with van der Waals surface area (Å²) in [6.45, 7) is 1.57. The molecule has 1 atom stereocenters. The van der Waals surface area contributed by atoms with Gasteiger partial charge in [0, 0.05) is 43.2 Å². The second-order valence-electron chi connectivity index (χ2n) is 9.33. The molecular formula is C25H30N6O2S. The van der Waals surface area contributed by atoms with E-state index in [2.05, 4.69) is 27.1 Å². The van der Waals surface area contributed by atoms with Crippen LogP contribution >= 0.6 is 12.1 Å². The lowest BCUT2D eigenvalue weighted by molar-refractivity contribution is -0.131. The molecule has 1 amide bonds. The highest BCUT2D eigenvalue weighted by molar-refractivity contribution is 7.98. The number of likely N-dealkylation sites (tertiary alicyclic amines) is 1. The van der Waals surface area contributed by atoms with Crippen molar-refractivity contribution in [1.82, 2.24) is 24.0 Å². The van der Waals surface area contributed by atoms with Crippen LogP contribution in [0.5, 0.6) is 0 Å². The van der Waals surface area contributed by atoms with Gasteiger partial charge < -0.3 is 9.62 Å². The number of carbonyl (C=O) groups excluding carboxylic acids is 1. The Morgan fingerprint density at radius 1 is 1.15 bits per heavy atom. The monoisotopic (exact) mass is 478 g/mol. The van der Waals surface area contributed by atoms with Crippen LogP contribution in [0.2, 0.25) is 0 Å². The number of H-pyrrole nitrogens is 1. The molecule has 1 aliphatic carbocycles. The van der Waals surface area contributed by atoms with Crippen molar-refractivity contribution < 1.29 is 4.79 Å². The van der Waals surface area contributed by atoms with E-state index in [0.29, 0.717) is 18.2 Å². The zero-order valence-corrected chi connectivity index (χ0v) is 20.3. The van der Waals surface area contributed by atoms with Gasteiger partial charge in [0.25, 0.3) is 0 Å². The third-order valence-corrected chi connectivity index (χ3v) is 7.10. The van der Waals surface area contributed by atoms with Crippen LogP contribution in [0.1, 0.15) is 25.1 Å². The summed E-state index contributed by atoms with van der Waals surface area (Å²) in [5, 5.41) is 6.92. The number of nitrogens with zero attached hydrogens (tertiary/aromatic N) is 4. The molecule has 1 saturated carbocycles. The molecule has 2 aliphatic rings. The SMILES string of the molecule is CN(C)SNc1cccc(-c2ccc(-n3c(CC4CCN(C(=O)C5CC5)C4)n[nH]c3=O)cc2)c1. The molecule has 1 aromatic heterocycles. The van der Waals surface area contributed by atoms with Crippen molar-refractivity contribution >= 4 is 23.7 Å². The normalized spacial score (nSPS) is 18.0. The van der Waals surface area contributed by atoms with E-state index in [1.165, 1.54) is 12.1 Å². The third-order valence-electron chi connectivity index (χ3n) is 6.40. The molecule has 8 nitrogen and oxygen atoms in total. The number of hydrogen-bond donors (Lipinski definition) is 2. The molecule has 2 heterocycles. The minimum Gasteiger partial charge on any atom is -0.342 e. The van der Waals surface area contributed by atoms with E-state index in [-0.39, 0.29) is 11.6 Å². The zero-order valence-electron chi connectivity index (χ0n) is 19.5. The number of hydrogen-bond acceptors (Lipinski definition) is 6. The second kappa shape index (κ2) is 9.68. The lowest BCUT2D eigenvalue weighted by Gasteiger charge is -2.16. The van der Waals surface area contributed by atoms with Gasteiger partial charge in [-0.2, -0.15) is 5.10 Å². The maximum absolute atomic E-state index is 12.6. The number of rotatable bonds is 8. The summed E-state index contributed by atoms with van der Waals surface area (Å²) < 4.78 is 6.97. The van der Waals surface area contributed by atoms with Crippen molar-refractivity contribution in [3.05, 3.63) is 64.8 Å². The van der Waals surface area contributed by atoms with E-state index < -0.39 is 0 Å². The number of carbonyl (C=O) groups is 1. The summed E-state index contributed by atoms with van der Waals surface area (Å²) in [5.41, 5.74) is 3.75. The molecular weight excluding hydrogens is 448 g/mol. The molecule has 1 aliphatic heterocycles. The number of anilines is 1. The lowest BCUT2D eigenvalue weighted by atomic mass is 10.0. The minimum atomic E-state index is -0.237. The van der Waals surface area contributed by atoms with Gasteiger partial charge in [-0.25, -0.2) is 18.8 Å². The predicted molar refractivity (Wildman–Crippen MR) is 136 cm³/mol. The van der Waals surface area contributed by atoms with Crippen molar-refractivity contribution in [3.8, 4) is 16.8 Å². The van der Waals surface area contributed by atoms with Crippen LogP contribution in [0.4, 0.5) is 5.69 Å². The number of aromatic amines is 1. The second-order valence-corrected chi connectivity index (χ2v) is 10.4. The maximum atomic E-state index is 12.6. The Kier molecular flexibility index (Phi) is 6.47. The van der Waals surface area contributed by atoms with E-state index in [1.807, 2.05) is 59.7 Å². The molecule has 5 rings (SSSR count). The van der Waals surface area contributed by atoms with Gasteiger partial charge in [0.2, 0.25) is 5.91 Å². The van der Waals surface area contributed by atoms with Crippen LogP contribution in [0, 0.1) is 11.8 Å². The molecule has 9 heteroatoms. The predicted octanol–water partition coefficient (Wildman–Crippen LogP) is 3.57. The van der Waals surface area contributed by atoms with Crippen molar-refractivity contribution in [2.45, 2.75) is 25.7 Å². The molecule has 0 bridgehead atoms. The van der Waals surface area contributed by atoms with E-state index >= 15 is 0 Å². The summed E-state index contributed by atoms with van der Waals surface area (Å²) in [6, 6.07) is 16.2. The molecule has 0 spiro atoms. The topological polar surface area (TPSA) is 86.3 Å². The molecule has 1 saturated heterocycles. The van der Waals surface area contributed by atoms with E-state index in [1.54, 1.807) is 4.57 Å². The highest BCUT2D eigenvalue weighted by Gasteiger charge is 2.36. The fraction of sp³-hybridized carbons (Fsp3) is 0.400. The average Bonchev–Trinajstić information content (AvgIpc) is 3.49. The molecule has 0 radical (unpaired) electrons. The molecule has 1 unspecified atom stereocenters. The first-order valence-electron chi connectivity index (χ1n) is 11.7. The lowest BCUT2D eigenvalue weighted by Crippen LogP contribution is -2.30. The molecule has 3 aromatic rings. The van der Waals surface area contributed by atoms with Crippen LogP contribution in [0.25, 0.3) is 16.8 Å². The molecule has 178 valence electrons. The Morgan fingerprint density at radius 3 is 2.68 bits per heavy atom. The fourth-order valence-corrected chi connectivity index (χ4v) is 4.90. The van der Waals surface area contributed by atoms with Gasteiger partial charge in [0.05, 0.1) is 5.69 Å². The van der Waals surface area contributed by atoms with Crippen LogP contribution in [0.15, 0.2) is 53.3 Å². The van der Waals surface area contributed by atoms with Gasteiger partial charge in [-0.05, 0) is 74.7 Å². The summed E-state index contributed by atoms with van der Waals surface area (Å²) in [4.78, 5) is 26.9. The van der Waals surface area contributed by atoms with Crippen LogP contribution in [0.3, 0.4) is 0 Å². The van der Waals surface area contributed by atoms with Gasteiger partial charge in [-0.15, -0.1) is 0 Å². The van der Waals surface area contributed by atoms with Gasteiger partial charge in [0.1, 0.15) is 5.82 Å². The number of nitrogens with one attached hydrogen (secondary N) is 2. The average molecular weight is 479 g/mol. The Hall–Kier alpha value is -3.04. The van der Waals surface area contributed by atoms with Crippen LogP contribution < -0.4 is 10.4 Å². The van der Waals surface area contributed by atoms with Gasteiger partial charge in [-0.1, -0.05) is 24.3 Å². The first kappa shape index (κ1) is 22.7. The maximum Gasteiger partial charge on any atom is 0.347 e.